The molecule has 5 heteroatoms. The molecule has 1 unspecified atom stereocenters. The topological polar surface area (TPSA) is 66.6 Å². The molecule has 1 aromatic heterocycles. The highest BCUT2D eigenvalue weighted by atomic mass is 16.4. The Bertz CT molecular complexity index is 1220. The Morgan fingerprint density at radius 3 is 2.30 bits per heavy atom. The number of anilines is 1. The molecule has 3 aromatic carbocycles. The van der Waals surface area contributed by atoms with Crippen LogP contribution in [-0.4, -0.2) is 16.0 Å². The molecule has 5 rings (SSSR count). The summed E-state index contributed by atoms with van der Waals surface area (Å²) in [6, 6.07) is 26.0. The molecule has 0 spiro atoms. The summed E-state index contributed by atoms with van der Waals surface area (Å²) in [5, 5.41) is 11.5. The smallest absolute Gasteiger partial charge is 0.268 e. The summed E-state index contributed by atoms with van der Waals surface area (Å²) in [7, 11) is 0. The van der Waals surface area contributed by atoms with E-state index in [0.29, 0.717) is 34.2 Å². The van der Waals surface area contributed by atoms with E-state index < -0.39 is 11.5 Å². The van der Waals surface area contributed by atoms with E-state index in [-0.39, 0.29) is 6.54 Å². The van der Waals surface area contributed by atoms with Gasteiger partial charge in [0.05, 0.1) is 12.2 Å². The van der Waals surface area contributed by atoms with Gasteiger partial charge < -0.3 is 14.4 Å². The van der Waals surface area contributed by atoms with Crippen molar-refractivity contribution in [2.24, 2.45) is 0 Å². The lowest BCUT2D eigenvalue weighted by Crippen LogP contribution is -2.41. The van der Waals surface area contributed by atoms with E-state index in [1.54, 1.807) is 23.1 Å². The van der Waals surface area contributed by atoms with Gasteiger partial charge in [0, 0.05) is 11.1 Å². The number of nitrogens with zero attached hydrogens (tertiary/aromatic N) is 2. The van der Waals surface area contributed by atoms with Gasteiger partial charge in [-0.2, -0.15) is 0 Å². The van der Waals surface area contributed by atoms with Gasteiger partial charge in [0.25, 0.3) is 5.91 Å². The van der Waals surface area contributed by atoms with Crippen molar-refractivity contribution in [1.82, 2.24) is 4.98 Å². The van der Waals surface area contributed by atoms with Crippen molar-refractivity contribution in [3.05, 3.63) is 108 Å². The lowest BCUT2D eigenvalue weighted by molar-refractivity contribution is -0.132. The van der Waals surface area contributed by atoms with Crippen LogP contribution in [0.1, 0.15) is 22.6 Å². The molecular weight excluding hydrogens is 376 g/mol. The van der Waals surface area contributed by atoms with Gasteiger partial charge in [-0.15, -0.1) is 0 Å². The van der Waals surface area contributed by atoms with Gasteiger partial charge in [-0.1, -0.05) is 66.7 Å². The van der Waals surface area contributed by atoms with E-state index in [1.165, 1.54) is 0 Å². The van der Waals surface area contributed by atoms with Gasteiger partial charge in [0.15, 0.2) is 5.60 Å². The number of rotatable bonds is 4. The molecule has 0 radical (unpaired) electrons. The summed E-state index contributed by atoms with van der Waals surface area (Å²) in [5.74, 6) is 0.772. The summed E-state index contributed by atoms with van der Waals surface area (Å²) in [5.41, 5.74) is 1.61. The molecule has 0 saturated carbocycles. The summed E-state index contributed by atoms with van der Waals surface area (Å²) >= 11 is 0. The fourth-order valence-corrected chi connectivity index (χ4v) is 3.98. The van der Waals surface area contributed by atoms with Crippen LogP contribution in [0.4, 0.5) is 5.69 Å². The summed E-state index contributed by atoms with van der Waals surface area (Å²) < 4.78 is 5.86. The maximum Gasteiger partial charge on any atom is 0.268 e. The van der Waals surface area contributed by atoms with E-state index in [1.807, 2.05) is 73.7 Å². The average Bonchev–Trinajstić information content (AvgIpc) is 3.27. The first kappa shape index (κ1) is 18.3. The molecular formula is C25H20N2O3. The Kier molecular flexibility index (Phi) is 4.26. The molecule has 1 aliphatic rings. The zero-order valence-corrected chi connectivity index (χ0v) is 16.4. The zero-order chi connectivity index (χ0) is 20.7. The van der Waals surface area contributed by atoms with E-state index >= 15 is 0 Å². The quantitative estimate of drug-likeness (QED) is 0.554. The highest BCUT2D eigenvalue weighted by Crippen LogP contribution is 2.45. The molecule has 1 aliphatic heterocycles. The maximum atomic E-state index is 13.5. The van der Waals surface area contributed by atoms with E-state index in [4.69, 9.17) is 4.42 Å². The molecule has 30 heavy (non-hydrogen) atoms. The number of aryl methyl sites for hydroxylation is 1. The van der Waals surface area contributed by atoms with Crippen LogP contribution in [0.5, 0.6) is 0 Å². The monoisotopic (exact) mass is 396 g/mol. The van der Waals surface area contributed by atoms with Crippen LogP contribution in [0.3, 0.4) is 0 Å². The third kappa shape index (κ3) is 2.75. The third-order valence-corrected chi connectivity index (χ3v) is 5.55. The molecule has 4 aromatic rings. The molecule has 1 N–H and O–H groups in total. The number of para-hydroxylation sites is 1. The van der Waals surface area contributed by atoms with Gasteiger partial charge in [0.1, 0.15) is 11.5 Å². The molecule has 0 saturated heterocycles. The molecule has 148 valence electrons. The minimum atomic E-state index is -1.72. The molecule has 0 aliphatic carbocycles. The van der Waals surface area contributed by atoms with Gasteiger partial charge in [-0.3, -0.25) is 4.79 Å². The van der Waals surface area contributed by atoms with Crippen LogP contribution in [0, 0.1) is 6.92 Å². The average molecular weight is 396 g/mol. The molecule has 0 fully saturated rings. The SMILES string of the molecule is Cc1oc(-c2ccccc2)nc1CN1C(=O)C(O)(c2ccccc2)c2ccccc21. The third-order valence-electron chi connectivity index (χ3n) is 5.55. The van der Waals surface area contributed by atoms with Gasteiger partial charge in [-0.05, 0) is 30.7 Å². The molecule has 1 amide bonds. The summed E-state index contributed by atoms with van der Waals surface area (Å²) in [6.07, 6.45) is 0. The Morgan fingerprint density at radius 2 is 1.57 bits per heavy atom. The van der Waals surface area contributed by atoms with Crippen LogP contribution in [-0.2, 0) is 16.9 Å². The number of aliphatic hydroxyl groups is 1. The van der Waals surface area contributed by atoms with Crippen molar-refractivity contribution in [1.29, 1.82) is 0 Å². The van der Waals surface area contributed by atoms with Crippen LogP contribution >= 0.6 is 0 Å². The minimum Gasteiger partial charge on any atom is -0.441 e. The highest BCUT2D eigenvalue weighted by molar-refractivity contribution is 6.09. The Morgan fingerprint density at radius 1 is 0.933 bits per heavy atom. The zero-order valence-electron chi connectivity index (χ0n) is 16.4. The lowest BCUT2D eigenvalue weighted by atomic mass is 9.88. The molecule has 1 atom stereocenters. The predicted octanol–water partition coefficient (Wildman–Crippen LogP) is 4.43. The number of oxazole rings is 1. The first-order chi connectivity index (χ1) is 14.6. The van der Waals surface area contributed by atoms with Crippen LogP contribution in [0.15, 0.2) is 89.3 Å². The van der Waals surface area contributed by atoms with Crippen molar-refractivity contribution >= 4 is 11.6 Å². The summed E-state index contributed by atoms with van der Waals surface area (Å²) in [4.78, 5) is 19.7. The van der Waals surface area contributed by atoms with E-state index in [2.05, 4.69) is 4.98 Å². The number of amides is 1. The van der Waals surface area contributed by atoms with Crippen LogP contribution < -0.4 is 4.90 Å². The normalized spacial score (nSPS) is 17.9. The van der Waals surface area contributed by atoms with Crippen molar-refractivity contribution in [2.45, 2.75) is 19.1 Å². The maximum absolute atomic E-state index is 13.5. The molecule has 2 heterocycles. The Hall–Kier alpha value is -3.70. The number of aromatic nitrogens is 1. The Labute approximate surface area is 174 Å². The van der Waals surface area contributed by atoms with E-state index in [9.17, 15) is 9.90 Å². The predicted molar refractivity (Wildman–Crippen MR) is 114 cm³/mol. The molecule has 5 nitrogen and oxygen atoms in total. The number of carbonyl (C=O) groups excluding carboxylic acids is 1. The Balaban J connectivity index is 1.55. The van der Waals surface area contributed by atoms with Crippen LogP contribution in [0.2, 0.25) is 0 Å². The second-order valence-corrected chi connectivity index (χ2v) is 7.37. The first-order valence-electron chi connectivity index (χ1n) is 9.80. The van der Waals surface area contributed by atoms with Crippen molar-refractivity contribution in [3.63, 3.8) is 0 Å². The largest absolute Gasteiger partial charge is 0.441 e. The standard InChI is InChI=1S/C25H20N2O3/c1-17-21(26-23(30-17)18-10-4-2-5-11-18)16-27-22-15-9-8-14-20(22)25(29,24(27)28)19-12-6-3-7-13-19/h2-15,29H,16H2,1H3. The molecule has 0 bridgehead atoms. The van der Waals surface area contributed by atoms with Crippen molar-refractivity contribution < 1.29 is 14.3 Å². The van der Waals surface area contributed by atoms with Crippen molar-refractivity contribution in [2.75, 3.05) is 4.90 Å². The fourth-order valence-electron chi connectivity index (χ4n) is 3.98. The second kappa shape index (κ2) is 6.97. The van der Waals surface area contributed by atoms with Gasteiger partial charge in [-0.25, -0.2) is 4.98 Å². The van der Waals surface area contributed by atoms with Gasteiger partial charge >= 0.3 is 0 Å². The summed E-state index contributed by atoms with van der Waals surface area (Å²) in [6.45, 7) is 2.05. The number of carbonyl (C=O) groups is 1. The van der Waals surface area contributed by atoms with Gasteiger partial charge in [0.2, 0.25) is 5.89 Å². The van der Waals surface area contributed by atoms with Crippen LogP contribution in [0.25, 0.3) is 11.5 Å². The number of hydrogen-bond acceptors (Lipinski definition) is 4. The minimum absolute atomic E-state index is 0.215. The second-order valence-electron chi connectivity index (χ2n) is 7.37. The fraction of sp³-hybridized carbons (Fsp3) is 0.120. The first-order valence-corrected chi connectivity index (χ1v) is 9.80. The highest BCUT2D eigenvalue weighted by Gasteiger charge is 2.51. The number of hydrogen-bond donors (Lipinski definition) is 1. The van der Waals surface area contributed by atoms with E-state index in [0.717, 1.165) is 5.56 Å². The van der Waals surface area contributed by atoms with Crippen molar-refractivity contribution in [3.8, 4) is 11.5 Å². The number of fused-ring (bicyclic) bond motifs is 1. The lowest BCUT2D eigenvalue weighted by Gasteiger charge is -2.23. The number of benzene rings is 3.